The van der Waals surface area contributed by atoms with Crippen LogP contribution in [0.5, 0.6) is 0 Å². The summed E-state index contributed by atoms with van der Waals surface area (Å²) in [5.41, 5.74) is -0.862. The number of benzene rings is 1. The normalized spacial score (nSPS) is 20.0. The van der Waals surface area contributed by atoms with Crippen LogP contribution >= 0.6 is 0 Å². The third kappa shape index (κ3) is 2.83. The first-order chi connectivity index (χ1) is 9.30. The van der Waals surface area contributed by atoms with Crippen molar-refractivity contribution in [3.8, 4) is 0 Å². The van der Waals surface area contributed by atoms with Gasteiger partial charge in [0.05, 0.1) is 10.8 Å². The number of nitro benzene ring substituents is 1. The summed E-state index contributed by atoms with van der Waals surface area (Å²) in [4.78, 5) is 11.2. The molecule has 4 nitrogen and oxygen atoms in total. The third-order valence-corrected chi connectivity index (χ3v) is 3.37. The van der Waals surface area contributed by atoms with Crippen molar-refractivity contribution in [3.63, 3.8) is 0 Å². The van der Waals surface area contributed by atoms with Crippen LogP contribution in [0.2, 0.25) is 0 Å². The Bertz CT molecular complexity index is 519. The van der Waals surface area contributed by atoms with Gasteiger partial charge in [-0.2, -0.15) is 17.6 Å². The molecule has 8 heteroatoms. The minimum atomic E-state index is -4.35. The molecule has 0 amide bonds. The lowest BCUT2D eigenvalue weighted by Gasteiger charge is -2.34. The average molecular weight is 292 g/mol. The van der Waals surface area contributed by atoms with Crippen LogP contribution in [-0.2, 0) is 0 Å². The van der Waals surface area contributed by atoms with Gasteiger partial charge < -0.3 is 4.90 Å². The Morgan fingerprint density at radius 1 is 1.35 bits per heavy atom. The fourth-order valence-electron chi connectivity index (χ4n) is 2.40. The summed E-state index contributed by atoms with van der Waals surface area (Å²) < 4.78 is 51.7. The standard InChI is InChI=1S/C12H12F4N2O2/c13-9-4-1-5-10(11(9)18(19)20)17-6-2-3-8(7-17)12(14,15)16/h1,4-5,8H,2-3,6-7H2. The van der Waals surface area contributed by atoms with Crippen LogP contribution < -0.4 is 4.90 Å². The maximum absolute atomic E-state index is 13.5. The second-order valence-corrected chi connectivity index (χ2v) is 4.69. The van der Waals surface area contributed by atoms with E-state index in [-0.39, 0.29) is 31.6 Å². The number of nitrogens with zero attached hydrogens (tertiary/aromatic N) is 2. The van der Waals surface area contributed by atoms with E-state index in [1.54, 1.807) is 0 Å². The van der Waals surface area contributed by atoms with Gasteiger partial charge in [0.1, 0.15) is 5.69 Å². The summed E-state index contributed by atoms with van der Waals surface area (Å²) in [5.74, 6) is -2.58. The molecular formula is C12H12F4N2O2. The topological polar surface area (TPSA) is 46.4 Å². The Labute approximate surface area is 112 Å². The molecule has 0 bridgehead atoms. The second-order valence-electron chi connectivity index (χ2n) is 4.69. The number of hydrogen-bond donors (Lipinski definition) is 0. The van der Waals surface area contributed by atoms with Crippen LogP contribution in [0.15, 0.2) is 18.2 Å². The van der Waals surface area contributed by atoms with Gasteiger partial charge in [-0.05, 0) is 25.0 Å². The van der Waals surface area contributed by atoms with E-state index in [2.05, 4.69) is 0 Å². The van der Waals surface area contributed by atoms with Gasteiger partial charge in [-0.25, -0.2) is 0 Å². The largest absolute Gasteiger partial charge is 0.393 e. The van der Waals surface area contributed by atoms with Gasteiger partial charge >= 0.3 is 11.9 Å². The van der Waals surface area contributed by atoms with Gasteiger partial charge in [-0.15, -0.1) is 0 Å². The number of hydrogen-bond acceptors (Lipinski definition) is 3. The molecule has 1 heterocycles. The molecular weight excluding hydrogens is 280 g/mol. The predicted octanol–water partition coefficient (Wildman–Crippen LogP) is 3.51. The molecule has 110 valence electrons. The van der Waals surface area contributed by atoms with Crippen molar-refractivity contribution in [1.29, 1.82) is 0 Å². The van der Waals surface area contributed by atoms with Gasteiger partial charge in [0, 0.05) is 13.1 Å². The Hall–Kier alpha value is -1.86. The van der Waals surface area contributed by atoms with Crippen molar-refractivity contribution in [1.82, 2.24) is 0 Å². The molecule has 0 N–H and O–H groups in total. The SMILES string of the molecule is O=[N+]([O-])c1c(F)cccc1N1CCCC(C(F)(F)F)C1. The quantitative estimate of drug-likeness (QED) is 0.476. The van der Waals surface area contributed by atoms with Gasteiger partial charge in [-0.1, -0.05) is 6.07 Å². The lowest BCUT2D eigenvalue weighted by Crippen LogP contribution is -2.42. The van der Waals surface area contributed by atoms with Crippen molar-refractivity contribution >= 4 is 11.4 Å². The van der Waals surface area contributed by atoms with E-state index < -0.39 is 28.5 Å². The first kappa shape index (κ1) is 14.5. The van der Waals surface area contributed by atoms with Crippen LogP contribution in [0, 0.1) is 21.8 Å². The van der Waals surface area contributed by atoms with Crippen molar-refractivity contribution in [3.05, 3.63) is 34.1 Å². The van der Waals surface area contributed by atoms with E-state index in [4.69, 9.17) is 0 Å². The minimum absolute atomic E-state index is 0.0108. The summed E-state index contributed by atoms with van der Waals surface area (Å²) in [6.45, 7) is -0.134. The molecule has 1 atom stereocenters. The maximum atomic E-state index is 13.5. The summed E-state index contributed by atoms with van der Waals surface area (Å²) in [6.07, 6.45) is -4.10. The minimum Gasteiger partial charge on any atom is -0.365 e. The zero-order valence-corrected chi connectivity index (χ0v) is 10.4. The lowest BCUT2D eigenvalue weighted by molar-refractivity contribution is -0.386. The molecule has 0 saturated carbocycles. The van der Waals surface area contributed by atoms with Crippen molar-refractivity contribution < 1.29 is 22.5 Å². The van der Waals surface area contributed by atoms with Gasteiger partial charge in [0.2, 0.25) is 5.82 Å². The van der Waals surface area contributed by atoms with Gasteiger partial charge in [-0.3, -0.25) is 10.1 Å². The van der Waals surface area contributed by atoms with Gasteiger partial charge in [0.15, 0.2) is 0 Å². The second kappa shape index (κ2) is 5.26. The summed E-state index contributed by atoms with van der Waals surface area (Å²) in [6, 6.07) is 3.46. The van der Waals surface area contributed by atoms with Crippen molar-refractivity contribution in [2.45, 2.75) is 19.0 Å². The molecule has 0 aromatic heterocycles. The molecule has 1 saturated heterocycles. The molecule has 1 aliphatic rings. The molecule has 0 radical (unpaired) electrons. The highest BCUT2D eigenvalue weighted by atomic mass is 19.4. The Kier molecular flexibility index (Phi) is 3.82. The summed E-state index contributed by atoms with van der Waals surface area (Å²) in [5, 5.41) is 10.9. The van der Waals surface area contributed by atoms with Crippen molar-refractivity contribution in [2.24, 2.45) is 5.92 Å². The Morgan fingerprint density at radius 2 is 2.05 bits per heavy atom. The number of anilines is 1. The fourth-order valence-corrected chi connectivity index (χ4v) is 2.40. The molecule has 1 fully saturated rings. The Balaban J connectivity index is 2.32. The van der Waals surface area contributed by atoms with E-state index in [0.717, 1.165) is 6.07 Å². The van der Waals surface area contributed by atoms with Crippen LogP contribution in [0.4, 0.5) is 28.9 Å². The molecule has 20 heavy (non-hydrogen) atoms. The molecule has 2 rings (SSSR count). The van der Waals surface area contributed by atoms with Crippen molar-refractivity contribution in [2.75, 3.05) is 18.0 Å². The average Bonchev–Trinajstić information content (AvgIpc) is 2.37. The number of halogens is 4. The zero-order valence-electron chi connectivity index (χ0n) is 10.4. The third-order valence-electron chi connectivity index (χ3n) is 3.37. The van der Waals surface area contributed by atoms with E-state index in [9.17, 15) is 27.7 Å². The molecule has 1 unspecified atom stereocenters. The number of piperidine rings is 1. The van der Waals surface area contributed by atoms with E-state index >= 15 is 0 Å². The lowest BCUT2D eigenvalue weighted by atomic mass is 9.97. The Morgan fingerprint density at radius 3 is 2.65 bits per heavy atom. The highest BCUT2D eigenvalue weighted by Gasteiger charge is 2.42. The monoisotopic (exact) mass is 292 g/mol. The predicted molar refractivity (Wildman–Crippen MR) is 64.0 cm³/mol. The van der Waals surface area contributed by atoms with Crippen LogP contribution in [0.1, 0.15) is 12.8 Å². The van der Waals surface area contributed by atoms with E-state index in [1.165, 1.54) is 17.0 Å². The molecule has 1 aromatic rings. The molecule has 1 aliphatic heterocycles. The number of para-hydroxylation sites is 1. The summed E-state index contributed by atoms with van der Waals surface area (Å²) in [7, 11) is 0. The van der Waals surface area contributed by atoms with E-state index in [1.807, 2.05) is 0 Å². The highest BCUT2D eigenvalue weighted by molar-refractivity contribution is 5.64. The smallest absolute Gasteiger partial charge is 0.365 e. The summed E-state index contributed by atoms with van der Waals surface area (Å²) >= 11 is 0. The number of rotatable bonds is 2. The van der Waals surface area contributed by atoms with Crippen LogP contribution in [0.25, 0.3) is 0 Å². The molecule has 0 spiro atoms. The first-order valence-electron chi connectivity index (χ1n) is 6.05. The molecule has 0 aliphatic carbocycles. The zero-order chi connectivity index (χ0) is 14.9. The number of nitro groups is 1. The molecule has 1 aromatic carbocycles. The number of alkyl halides is 3. The first-order valence-corrected chi connectivity index (χ1v) is 6.05. The van der Waals surface area contributed by atoms with Crippen LogP contribution in [-0.4, -0.2) is 24.2 Å². The van der Waals surface area contributed by atoms with Gasteiger partial charge in [0.25, 0.3) is 0 Å². The van der Waals surface area contributed by atoms with E-state index in [0.29, 0.717) is 0 Å². The van der Waals surface area contributed by atoms with Crippen LogP contribution in [0.3, 0.4) is 0 Å². The highest BCUT2D eigenvalue weighted by Crippen LogP contribution is 2.38. The maximum Gasteiger partial charge on any atom is 0.393 e. The fraction of sp³-hybridized carbons (Fsp3) is 0.500.